The van der Waals surface area contributed by atoms with Crippen LogP contribution in [-0.4, -0.2) is 60.7 Å². The summed E-state index contributed by atoms with van der Waals surface area (Å²) in [7, 11) is 3.99. The van der Waals surface area contributed by atoms with E-state index in [1.165, 1.54) is 0 Å². The number of fused-ring (bicyclic) bond motifs is 1. The number of pyridine rings is 1. The van der Waals surface area contributed by atoms with Gasteiger partial charge in [-0.05, 0) is 41.9 Å². The molecular weight excluding hydrogens is 508 g/mol. The standard InChI is InChI=1S/C26H33ClN6O3Si/c1-32(16-19-9-10-20(34-2)14-21(19)35-3)25-23-22(29-26(27)30-25)24(18-8-7-11-28-15-18)33(31-23)17-36-12-13-37(4,5)6/h7-11,14-15H,12-13,16-17H2,1-6H3. The predicted octanol–water partition coefficient (Wildman–Crippen LogP) is 5.51. The van der Waals surface area contributed by atoms with Crippen molar-refractivity contribution in [2.24, 2.45) is 0 Å². The minimum atomic E-state index is -1.22. The molecule has 37 heavy (non-hydrogen) atoms. The molecule has 4 aromatic rings. The Hall–Kier alpha value is -3.21. The van der Waals surface area contributed by atoms with Gasteiger partial charge in [0, 0.05) is 57.9 Å². The second-order valence-corrected chi connectivity index (χ2v) is 15.9. The first-order chi connectivity index (χ1) is 17.7. The van der Waals surface area contributed by atoms with E-state index in [-0.39, 0.29) is 12.0 Å². The molecule has 3 heterocycles. The van der Waals surface area contributed by atoms with Crippen molar-refractivity contribution in [3.63, 3.8) is 0 Å². The third-order valence-corrected chi connectivity index (χ3v) is 7.82. The summed E-state index contributed by atoms with van der Waals surface area (Å²) in [6, 6.07) is 10.7. The van der Waals surface area contributed by atoms with Crippen LogP contribution in [-0.2, 0) is 18.0 Å². The molecule has 9 nitrogen and oxygen atoms in total. The Balaban J connectivity index is 1.74. The van der Waals surface area contributed by atoms with E-state index in [0.717, 1.165) is 34.4 Å². The van der Waals surface area contributed by atoms with Crippen molar-refractivity contribution in [1.29, 1.82) is 0 Å². The maximum atomic E-state index is 6.45. The summed E-state index contributed by atoms with van der Waals surface area (Å²) in [4.78, 5) is 15.4. The van der Waals surface area contributed by atoms with Crippen LogP contribution in [0.5, 0.6) is 11.5 Å². The third kappa shape index (κ3) is 6.38. The van der Waals surface area contributed by atoms with Gasteiger partial charge in [0.2, 0.25) is 5.28 Å². The SMILES string of the molecule is COc1ccc(CN(C)c2nc(Cl)nc3c(-c4cccnc4)n(COCC[Si](C)(C)C)nc23)c(OC)c1. The van der Waals surface area contributed by atoms with E-state index >= 15 is 0 Å². The van der Waals surface area contributed by atoms with Gasteiger partial charge in [-0.2, -0.15) is 10.1 Å². The van der Waals surface area contributed by atoms with Crippen LogP contribution in [0.2, 0.25) is 31.0 Å². The van der Waals surface area contributed by atoms with Crippen LogP contribution in [0, 0.1) is 0 Å². The van der Waals surface area contributed by atoms with Gasteiger partial charge >= 0.3 is 0 Å². The number of aromatic nitrogens is 5. The molecule has 11 heteroatoms. The van der Waals surface area contributed by atoms with Gasteiger partial charge in [0.05, 0.1) is 19.9 Å². The van der Waals surface area contributed by atoms with Gasteiger partial charge < -0.3 is 19.1 Å². The Kier molecular flexibility index (Phi) is 8.31. The van der Waals surface area contributed by atoms with Gasteiger partial charge in [0.25, 0.3) is 0 Å². The fourth-order valence-electron chi connectivity index (χ4n) is 3.96. The summed E-state index contributed by atoms with van der Waals surface area (Å²) in [6.07, 6.45) is 3.52. The largest absolute Gasteiger partial charge is 0.497 e. The Bertz CT molecular complexity index is 1360. The molecule has 196 valence electrons. The van der Waals surface area contributed by atoms with Crippen LogP contribution >= 0.6 is 11.6 Å². The summed E-state index contributed by atoms with van der Waals surface area (Å²) in [5, 5.41) is 5.03. The average Bonchev–Trinajstić information content (AvgIpc) is 3.24. The van der Waals surface area contributed by atoms with Gasteiger partial charge in [-0.1, -0.05) is 19.6 Å². The van der Waals surface area contributed by atoms with Crippen molar-refractivity contribution in [2.75, 3.05) is 32.8 Å². The molecule has 0 aliphatic heterocycles. The first-order valence-corrected chi connectivity index (χ1v) is 16.1. The molecule has 0 fully saturated rings. The number of anilines is 1. The van der Waals surface area contributed by atoms with E-state index in [1.54, 1.807) is 26.6 Å². The van der Waals surface area contributed by atoms with Crippen molar-refractivity contribution >= 4 is 36.5 Å². The van der Waals surface area contributed by atoms with Crippen LogP contribution in [0.15, 0.2) is 42.7 Å². The molecule has 1 aromatic carbocycles. The van der Waals surface area contributed by atoms with Crippen molar-refractivity contribution in [1.82, 2.24) is 24.7 Å². The Morgan fingerprint density at radius 2 is 1.86 bits per heavy atom. The van der Waals surface area contributed by atoms with Crippen molar-refractivity contribution in [3.05, 3.63) is 53.6 Å². The van der Waals surface area contributed by atoms with Crippen LogP contribution in [0.4, 0.5) is 5.82 Å². The Labute approximate surface area is 223 Å². The van der Waals surface area contributed by atoms with Gasteiger partial charge in [0.1, 0.15) is 23.7 Å². The first-order valence-electron chi connectivity index (χ1n) is 12.0. The summed E-state index contributed by atoms with van der Waals surface area (Å²) >= 11 is 6.45. The van der Waals surface area contributed by atoms with Gasteiger partial charge in [-0.3, -0.25) is 4.98 Å². The summed E-state index contributed by atoms with van der Waals surface area (Å²) in [6.45, 7) is 8.47. The number of nitrogens with zero attached hydrogens (tertiary/aromatic N) is 6. The zero-order chi connectivity index (χ0) is 26.6. The number of hydrogen-bond acceptors (Lipinski definition) is 8. The Morgan fingerprint density at radius 1 is 1.05 bits per heavy atom. The fourth-order valence-corrected chi connectivity index (χ4v) is 4.88. The molecule has 4 rings (SSSR count). The number of hydrogen-bond donors (Lipinski definition) is 0. The summed E-state index contributed by atoms with van der Waals surface area (Å²) in [5.74, 6) is 2.06. The van der Waals surface area contributed by atoms with Crippen molar-refractivity contribution in [2.45, 2.75) is 39.0 Å². The Morgan fingerprint density at radius 3 is 2.54 bits per heavy atom. The molecule has 0 saturated carbocycles. The zero-order valence-electron chi connectivity index (χ0n) is 22.2. The smallest absolute Gasteiger partial charge is 0.225 e. The van der Waals surface area contributed by atoms with Crippen LogP contribution in [0.1, 0.15) is 5.56 Å². The zero-order valence-corrected chi connectivity index (χ0v) is 23.9. The topological polar surface area (TPSA) is 87.4 Å². The number of benzene rings is 1. The quantitative estimate of drug-likeness (QED) is 0.140. The molecule has 0 aliphatic rings. The molecule has 0 unspecified atom stereocenters. The monoisotopic (exact) mass is 540 g/mol. The highest BCUT2D eigenvalue weighted by Gasteiger charge is 2.23. The lowest BCUT2D eigenvalue weighted by atomic mass is 10.1. The van der Waals surface area contributed by atoms with Crippen LogP contribution < -0.4 is 14.4 Å². The highest BCUT2D eigenvalue weighted by Crippen LogP contribution is 2.34. The van der Waals surface area contributed by atoms with Gasteiger partial charge in [-0.25, -0.2) is 9.67 Å². The van der Waals surface area contributed by atoms with E-state index in [9.17, 15) is 0 Å². The predicted molar refractivity (Wildman–Crippen MR) is 149 cm³/mol. The number of methoxy groups -OCH3 is 2. The molecule has 0 aliphatic carbocycles. The molecule has 0 spiro atoms. The summed E-state index contributed by atoms with van der Waals surface area (Å²) in [5.41, 5.74) is 3.91. The molecule has 0 atom stereocenters. The normalized spacial score (nSPS) is 11.6. The van der Waals surface area contributed by atoms with E-state index in [0.29, 0.717) is 30.0 Å². The third-order valence-electron chi connectivity index (χ3n) is 5.95. The van der Waals surface area contributed by atoms with Crippen molar-refractivity contribution in [3.8, 4) is 22.8 Å². The second-order valence-electron chi connectivity index (χ2n) is 9.99. The lowest BCUT2D eigenvalue weighted by molar-refractivity contribution is 0.0803. The van der Waals surface area contributed by atoms with E-state index < -0.39 is 8.07 Å². The van der Waals surface area contributed by atoms with Crippen LogP contribution in [0.3, 0.4) is 0 Å². The fraction of sp³-hybridized carbons (Fsp3) is 0.385. The molecule has 0 N–H and O–H groups in total. The van der Waals surface area contributed by atoms with E-state index in [1.807, 2.05) is 47.0 Å². The average molecular weight is 541 g/mol. The molecule has 0 bridgehead atoms. The molecular formula is C26H33ClN6O3Si. The van der Waals surface area contributed by atoms with Gasteiger partial charge in [0.15, 0.2) is 11.3 Å². The second kappa shape index (κ2) is 11.5. The summed E-state index contributed by atoms with van der Waals surface area (Å²) < 4.78 is 18.8. The molecule has 0 amide bonds. The highest BCUT2D eigenvalue weighted by molar-refractivity contribution is 6.76. The van der Waals surface area contributed by atoms with Crippen molar-refractivity contribution < 1.29 is 14.2 Å². The number of halogens is 1. The number of ether oxygens (including phenoxy) is 3. The minimum absolute atomic E-state index is 0.139. The highest BCUT2D eigenvalue weighted by atomic mass is 35.5. The lowest BCUT2D eigenvalue weighted by Crippen LogP contribution is -2.22. The molecule has 0 saturated heterocycles. The lowest BCUT2D eigenvalue weighted by Gasteiger charge is -2.20. The number of rotatable bonds is 11. The first kappa shape index (κ1) is 26.8. The molecule has 0 radical (unpaired) electrons. The molecule has 3 aromatic heterocycles. The maximum absolute atomic E-state index is 6.45. The van der Waals surface area contributed by atoms with Crippen LogP contribution in [0.25, 0.3) is 22.3 Å². The van der Waals surface area contributed by atoms with E-state index in [4.69, 9.17) is 30.9 Å². The maximum Gasteiger partial charge on any atom is 0.225 e. The van der Waals surface area contributed by atoms with E-state index in [2.05, 4.69) is 34.6 Å². The minimum Gasteiger partial charge on any atom is -0.497 e. The van der Waals surface area contributed by atoms with Gasteiger partial charge in [-0.15, -0.1) is 0 Å².